The van der Waals surface area contributed by atoms with Crippen LogP contribution in [0.4, 0.5) is 5.69 Å². The van der Waals surface area contributed by atoms with E-state index in [9.17, 15) is 15.4 Å². The van der Waals surface area contributed by atoms with Gasteiger partial charge in [0.15, 0.2) is 0 Å². The highest BCUT2D eigenvalue weighted by atomic mass is 32.1. The Morgan fingerprint density at radius 3 is 2.61 bits per heavy atom. The Morgan fingerprint density at radius 2 is 1.85 bits per heavy atom. The largest absolute Gasteiger partial charge is 0.270 e. The fourth-order valence-corrected chi connectivity index (χ4v) is 4.41. The van der Waals surface area contributed by atoms with E-state index in [4.69, 9.17) is 5.10 Å². The molecule has 0 bridgehead atoms. The zero-order chi connectivity index (χ0) is 22.8. The van der Waals surface area contributed by atoms with Crippen molar-refractivity contribution in [1.29, 1.82) is 5.26 Å². The van der Waals surface area contributed by atoms with Gasteiger partial charge in [-0.1, -0.05) is 42.5 Å². The second-order valence-corrected chi connectivity index (χ2v) is 8.21. The number of non-ortho nitro benzene ring substituents is 1. The minimum absolute atomic E-state index is 0.0247. The number of fused-ring (bicyclic) bond motifs is 1. The second-order valence-electron chi connectivity index (χ2n) is 7.18. The first-order valence-electron chi connectivity index (χ1n) is 10.00. The van der Waals surface area contributed by atoms with Crippen LogP contribution in [0.5, 0.6) is 0 Å². The van der Waals surface area contributed by atoms with Crippen molar-refractivity contribution in [2.45, 2.75) is 0 Å². The molecule has 8 heteroatoms. The number of thiazole rings is 1. The van der Waals surface area contributed by atoms with Crippen molar-refractivity contribution in [3.63, 3.8) is 0 Å². The molecule has 0 aliphatic heterocycles. The van der Waals surface area contributed by atoms with Crippen LogP contribution in [0.2, 0.25) is 0 Å². The topological polar surface area (TPSA) is 97.6 Å². The molecule has 2 aromatic heterocycles. The van der Waals surface area contributed by atoms with Crippen LogP contribution in [0.25, 0.3) is 38.8 Å². The van der Waals surface area contributed by atoms with Crippen molar-refractivity contribution in [3.05, 3.63) is 106 Å². The van der Waals surface area contributed by atoms with Crippen LogP contribution in [-0.4, -0.2) is 19.7 Å². The summed E-state index contributed by atoms with van der Waals surface area (Å²) in [7, 11) is 0. The molecular formula is C25H15N5O2S. The number of allylic oxidation sites excluding steroid dienone is 1. The normalized spacial score (nSPS) is 11.4. The number of hydrogen-bond acceptors (Lipinski definition) is 6. The molecule has 0 amide bonds. The van der Waals surface area contributed by atoms with Crippen molar-refractivity contribution >= 4 is 38.9 Å². The van der Waals surface area contributed by atoms with E-state index in [0.717, 1.165) is 15.9 Å². The standard InChI is InChI=1S/C25H15N5O2S/c26-15-18(25-27-22-11-4-5-12-23(22)33-25)13-19-16-29(20-8-2-1-3-9-20)28-24(19)17-7-6-10-21(14-17)30(31)32/h1-14,16H/b18-13-. The summed E-state index contributed by atoms with van der Waals surface area (Å²) < 4.78 is 2.69. The molecule has 0 unspecified atom stereocenters. The van der Waals surface area contributed by atoms with E-state index in [1.54, 1.807) is 22.9 Å². The third kappa shape index (κ3) is 4.01. The van der Waals surface area contributed by atoms with E-state index >= 15 is 0 Å². The van der Waals surface area contributed by atoms with Crippen LogP contribution < -0.4 is 0 Å². The average molecular weight is 449 g/mol. The Labute approximate surface area is 192 Å². The molecule has 7 nitrogen and oxygen atoms in total. The summed E-state index contributed by atoms with van der Waals surface area (Å²) in [5.74, 6) is 0. The Hall–Kier alpha value is -4.61. The van der Waals surface area contributed by atoms with Crippen molar-refractivity contribution in [3.8, 4) is 23.0 Å². The van der Waals surface area contributed by atoms with Crippen LogP contribution in [0, 0.1) is 21.4 Å². The van der Waals surface area contributed by atoms with Crippen LogP contribution >= 0.6 is 11.3 Å². The van der Waals surface area contributed by atoms with Crippen LogP contribution in [0.1, 0.15) is 10.6 Å². The van der Waals surface area contributed by atoms with Gasteiger partial charge in [-0.15, -0.1) is 11.3 Å². The number of benzene rings is 3. The Balaban J connectivity index is 1.68. The fourth-order valence-electron chi connectivity index (χ4n) is 3.48. The first-order chi connectivity index (χ1) is 16.1. The van der Waals surface area contributed by atoms with E-state index in [0.29, 0.717) is 27.4 Å². The van der Waals surface area contributed by atoms with Gasteiger partial charge in [-0.3, -0.25) is 10.1 Å². The third-order valence-electron chi connectivity index (χ3n) is 5.04. The lowest BCUT2D eigenvalue weighted by Crippen LogP contribution is -1.94. The summed E-state index contributed by atoms with van der Waals surface area (Å²) in [5.41, 5.74) is 3.83. The molecule has 158 valence electrons. The number of nitriles is 1. The Kier molecular flexibility index (Phi) is 5.23. The lowest BCUT2D eigenvalue weighted by molar-refractivity contribution is -0.384. The van der Waals surface area contributed by atoms with Gasteiger partial charge in [0.05, 0.1) is 26.4 Å². The number of aromatic nitrogens is 3. The maximum atomic E-state index is 11.3. The van der Waals surface area contributed by atoms with Crippen LogP contribution in [-0.2, 0) is 0 Å². The van der Waals surface area contributed by atoms with Gasteiger partial charge in [0.1, 0.15) is 16.8 Å². The lowest BCUT2D eigenvalue weighted by atomic mass is 10.1. The number of nitrogens with zero attached hydrogens (tertiary/aromatic N) is 5. The van der Waals surface area contributed by atoms with Gasteiger partial charge in [0, 0.05) is 29.5 Å². The number of nitro benzene ring substituents is 1. The molecule has 2 heterocycles. The predicted octanol–water partition coefficient (Wildman–Crippen LogP) is 6.12. The maximum Gasteiger partial charge on any atom is 0.270 e. The maximum absolute atomic E-state index is 11.3. The van der Waals surface area contributed by atoms with Gasteiger partial charge in [0.25, 0.3) is 5.69 Å². The van der Waals surface area contributed by atoms with E-state index in [-0.39, 0.29) is 5.69 Å². The molecule has 0 saturated carbocycles. The molecule has 0 saturated heterocycles. The monoisotopic (exact) mass is 449 g/mol. The summed E-state index contributed by atoms with van der Waals surface area (Å²) in [6.45, 7) is 0. The van der Waals surface area contributed by atoms with Gasteiger partial charge < -0.3 is 0 Å². The number of hydrogen-bond donors (Lipinski definition) is 0. The summed E-state index contributed by atoms with van der Waals surface area (Å²) in [6, 6.07) is 25.8. The third-order valence-corrected chi connectivity index (χ3v) is 6.11. The van der Waals surface area contributed by atoms with Gasteiger partial charge in [-0.05, 0) is 30.3 Å². The number of rotatable bonds is 5. The van der Waals surface area contributed by atoms with Gasteiger partial charge in [-0.25, -0.2) is 9.67 Å². The van der Waals surface area contributed by atoms with Crippen LogP contribution in [0.15, 0.2) is 85.1 Å². The highest BCUT2D eigenvalue weighted by Gasteiger charge is 2.16. The van der Waals surface area contributed by atoms with Crippen LogP contribution in [0.3, 0.4) is 0 Å². The highest BCUT2D eigenvalue weighted by molar-refractivity contribution is 7.19. The predicted molar refractivity (Wildman–Crippen MR) is 129 cm³/mol. The first kappa shape index (κ1) is 20.3. The molecule has 0 aliphatic carbocycles. The van der Waals surface area contributed by atoms with E-state index in [1.807, 2.05) is 60.8 Å². The minimum Gasteiger partial charge on any atom is -0.258 e. The van der Waals surface area contributed by atoms with Crippen molar-refractivity contribution in [2.24, 2.45) is 0 Å². The zero-order valence-corrected chi connectivity index (χ0v) is 17.9. The molecule has 5 aromatic rings. The quantitative estimate of drug-likeness (QED) is 0.183. The van der Waals surface area contributed by atoms with Gasteiger partial charge in [0.2, 0.25) is 0 Å². The van der Waals surface area contributed by atoms with E-state index < -0.39 is 4.92 Å². The van der Waals surface area contributed by atoms with Crippen molar-refractivity contribution in [1.82, 2.24) is 14.8 Å². The molecule has 5 rings (SSSR count). The van der Waals surface area contributed by atoms with Gasteiger partial charge in [-0.2, -0.15) is 10.4 Å². The SMILES string of the molecule is N#C/C(=C/c1cn(-c2ccccc2)nc1-c1cccc([N+](=O)[O-])c1)c1nc2ccccc2s1. The lowest BCUT2D eigenvalue weighted by Gasteiger charge is -2.01. The zero-order valence-electron chi connectivity index (χ0n) is 17.1. The van der Waals surface area contributed by atoms with E-state index in [1.165, 1.54) is 23.5 Å². The smallest absolute Gasteiger partial charge is 0.258 e. The summed E-state index contributed by atoms with van der Waals surface area (Å²) in [6.07, 6.45) is 3.55. The molecule has 0 spiro atoms. The highest BCUT2D eigenvalue weighted by Crippen LogP contribution is 2.32. The molecule has 0 fully saturated rings. The van der Waals surface area contributed by atoms with Gasteiger partial charge >= 0.3 is 0 Å². The molecule has 0 radical (unpaired) electrons. The number of nitro groups is 1. The molecule has 0 aliphatic rings. The summed E-state index contributed by atoms with van der Waals surface area (Å²) in [4.78, 5) is 15.5. The fraction of sp³-hybridized carbons (Fsp3) is 0. The molecule has 3 aromatic carbocycles. The Bertz CT molecular complexity index is 1530. The average Bonchev–Trinajstić information content (AvgIpc) is 3.47. The summed E-state index contributed by atoms with van der Waals surface area (Å²) in [5, 5.41) is 26.5. The summed E-state index contributed by atoms with van der Waals surface area (Å²) >= 11 is 1.44. The second kappa shape index (κ2) is 8.49. The van der Waals surface area contributed by atoms with Crippen molar-refractivity contribution in [2.75, 3.05) is 0 Å². The molecule has 0 atom stereocenters. The van der Waals surface area contributed by atoms with E-state index in [2.05, 4.69) is 11.1 Å². The van der Waals surface area contributed by atoms with Crippen molar-refractivity contribution < 1.29 is 4.92 Å². The minimum atomic E-state index is -0.435. The molecule has 33 heavy (non-hydrogen) atoms. The molecule has 0 N–H and O–H groups in total. The molecular weight excluding hydrogens is 434 g/mol. The Morgan fingerprint density at radius 1 is 1.06 bits per heavy atom. The first-order valence-corrected chi connectivity index (χ1v) is 10.8. The number of para-hydroxylation sites is 2.